The van der Waals surface area contributed by atoms with Crippen LogP contribution in [-0.2, 0) is 14.3 Å². The molecule has 0 aromatic heterocycles. The minimum absolute atomic E-state index is 0.0943. The van der Waals surface area contributed by atoms with E-state index in [0.717, 1.165) is 25.7 Å². The number of hydrogen-bond acceptors (Lipinski definition) is 7. The summed E-state index contributed by atoms with van der Waals surface area (Å²) in [5, 5.41) is 39.4. The van der Waals surface area contributed by atoms with Gasteiger partial charge in [-0.15, -0.1) is 0 Å². The number of unbranched alkanes of at least 4 members (excludes halogenated alkanes) is 12. The van der Waals surface area contributed by atoms with Gasteiger partial charge in [0, 0.05) is 6.92 Å². The zero-order valence-corrected chi connectivity index (χ0v) is 22.5. The molecule has 1 atom stereocenters. The van der Waals surface area contributed by atoms with Gasteiger partial charge in [0.25, 0.3) is 0 Å². The topological polar surface area (TPSA) is 116 Å². The van der Waals surface area contributed by atoms with Crippen LogP contribution in [0.1, 0.15) is 110 Å². The van der Waals surface area contributed by atoms with Crippen molar-refractivity contribution in [2.45, 2.75) is 116 Å². The predicted molar refractivity (Wildman–Crippen MR) is 140 cm³/mol. The van der Waals surface area contributed by atoms with Crippen LogP contribution in [0.25, 0.3) is 0 Å². The molecule has 0 rings (SSSR count). The van der Waals surface area contributed by atoms with Crippen LogP contribution in [0.5, 0.6) is 0 Å². The van der Waals surface area contributed by atoms with Crippen molar-refractivity contribution in [3.63, 3.8) is 0 Å². The molecule has 208 valence electrons. The number of allylic oxidation sites excluding steroid dienone is 2. The molecule has 0 fully saturated rings. The first kappa shape index (κ1) is 34.0. The lowest BCUT2D eigenvalue weighted by Crippen LogP contribution is -2.44. The number of aliphatic hydroxyl groups excluding tert-OH is 3. The zero-order chi connectivity index (χ0) is 26.3. The van der Waals surface area contributed by atoms with E-state index in [2.05, 4.69) is 19.1 Å². The van der Waals surface area contributed by atoms with Gasteiger partial charge in [0.15, 0.2) is 0 Å². The summed E-state index contributed by atoms with van der Waals surface area (Å²) < 4.78 is 10.4. The Morgan fingerprint density at radius 1 is 0.714 bits per heavy atom. The summed E-state index contributed by atoms with van der Waals surface area (Å²) in [5.74, 6) is -0.511. The molecule has 0 aromatic carbocycles. The second-order valence-electron chi connectivity index (χ2n) is 10.2. The van der Waals surface area contributed by atoms with Crippen molar-refractivity contribution < 1.29 is 34.7 Å². The van der Waals surface area contributed by atoms with Crippen LogP contribution in [0.4, 0.5) is 0 Å². The summed E-state index contributed by atoms with van der Waals surface area (Å²) in [4.78, 5) is 11.0. The van der Waals surface area contributed by atoms with Crippen LogP contribution in [0, 0.1) is 5.41 Å². The fraction of sp³-hybridized carbons (Fsp3) is 0.893. The highest BCUT2D eigenvalue weighted by Crippen LogP contribution is 2.21. The van der Waals surface area contributed by atoms with Crippen LogP contribution in [-0.4, -0.2) is 71.6 Å². The summed E-state index contributed by atoms with van der Waals surface area (Å²) in [6.45, 7) is 1.83. The Kier molecular flexibility index (Phi) is 21.6. The number of aliphatic hydroxyl groups is 4. The molecule has 0 bridgehead atoms. The molecule has 0 radical (unpaired) electrons. The van der Waals surface area contributed by atoms with Crippen molar-refractivity contribution in [2.75, 3.05) is 39.6 Å². The first-order valence-corrected chi connectivity index (χ1v) is 13.8. The van der Waals surface area contributed by atoms with E-state index in [1.54, 1.807) is 0 Å². The fourth-order valence-corrected chi connectivity index (χ4v) is 3.88. The lowest BCUT2D eigenvalue weighted by atomic mass is 9.92. The van der Waals surface area contributed by atoms with Crippen LogP contribution < -0.4 is 0 Å². The highest BCUT2D eigenvalue weighted by atomic mass is 16.5. The number of ether oxygens (including phenoxy) is 2. The van der Waals surface area contributed by atoms with Crippen molar-refractivity contribution >= 4 is 5.97 Å². The fourth-order valence-electron chi connectivity index (χ4n) is 3.88. The average molecular weight is 503 g/mol. The second-order valence-corrected chi connectivity index (χ2v) is 10.2. The molecular formula is C28H54O7. The highest BCUT2D eigenvalue weighted by molar-refractivity contribution is 5.65. The normalized spacial score (nSPS) is 13.9. The van der Waals surface area contributed by atoms with Crippen LogP contribution >= 0.6 is 0 Å². The number of esters is 1. The van der Waals surface area contributed by atoms with Crippen molar-refractivity contribution in [3.8, 4) is 0 Å². The van der Waals surface area contributed by atoms with E-state index in [1.807, 2.05) is 0 Å². The summed E-state index contributed by atoms with van der Waals surface area (Å²) in [6, 6.07) is 0. The molecule has 4 N–H and O–H groups in total. The van der Waals surface area contributed by atoms with E-state index >= 15 is 0 Å². The smallest absolute Gasteiger partial charge is 0.302 e. The van der Waals surface area contributed by atoms with E-state index in [-0.39, 0.29) is 19.8 Å². The molecule has 0 aliphatic heterocycles. The largest absolute Gasteiger partial charge is 0.465 e. The molecule has 0 aromatic rings. The van der Waals surface area contributed by atoms with Crippen molar-refractivity contribution in [1.82, 2.24) is 0 Å². The van der Waals surface area contributed by atoms with Crippen LogP contribution in [0.2, 0.25) is 0 Å². The Morgan fingerprint density at radius 2 is 1.23 bits per heavy atom. The van der Waals surface area contributed by atoms with Crippen molar-refractivity contribution in [1.29, 1.82) is 0 Å². The molecule has 1 unspecified atom stereocenters. The molecule has 0 amide bonds. The zero-order valence-electron chi connectivity index (χ0n) is 22.5. The Bertz CT molecular complexity index is 519. The van der Waals surface area contributed by atoms with Gasteiger partial charge < -0.3 is 29.9 Å². The van der Waals surface area contributed by atoms with E-state index in [9.17, 15) is 25.2 Å². The van der Waals surface area contributed by atoms with E-state index in [4.69, 9.17) is 9.47 Å². The monoisotopic (exact) mass is 502 g/mol. The predicted octanol–water partition coefficient (Wildman–Crippen LogP) is 4.69. The number of rotatable bonds is 25. The lowest BCUT2D eigenvalue weighted by Gasteiger charge is -2.31. The highest BCUT2D eigenvalue weighted by Gasteiger charge is 2.33. The first-order chi connectivity index (χ1) is 16.9. The van der Waals surface area contributed by atoms with Crippen molar-refractivity contribution in [3.05, 3.63) is 12.2 Å². The minimum atomic E-state index is -1.36. The number of carbonyl (C=O) groups excluding carboxylic acids is 1. The average Bonchev–Trinajstić information content (AvgIpc) is 2.86. The van der Waals surface area contributed by atoms with Gasteiger partial charge in [-0.1, -0.05) is 83.3 Å². The molecule has 0 saturated carbocycles. The Hall–Kier alpha value is -0.990. The van der Waals surface area contributed by atoms with E-state index in [0.29, 0.717) is 6.42 Å². The molecule has 35 heavy (non-hydrogen) atoms. The van der Waals surface area contributed by atoms with Gasteiger partial charge in [0.05, 0.1) is 38.4 Å². The maximum atomic E-state index is 11.0. The molecule has 0 spiro atoms. The SMILES string of the molecule is CCCCCCCC/C=C\CCCCCCCCC(O)(CO)COCC(CO)(CO)COC(C)=O. The molecular weight excluding hydrogens is 448 g/mol. The molecule has 0 heterocycles. The third-order valence-corrected chi connectivity index (χ3v) is 6.48. The summed E-state index contributed by atoms with van der Waals surface area (Å²) in [7, 11) is 0. The summed E-state index contributed by atoms with van der Waals surface area (Å²) in [5.41, 5.74) is -2.50. The van der Waals surface area contributed by atoms with Gasteiger partial charge in [-0.05, 0) is 32.1 Å². The van der Waals surface area contributed by atoms with Gasteiger partial charge in [0.2, 0.25) is 0 Å². The first-order valence-electron chi connectivity index (χ1n) is 13.8. The Labute approximate surface area is 213 Å². The molecule has 0 aliphatic carbocycles. The Morgan fingerprint density at radius 3 is 1.71 bits per heavy atom. The second kappa shape index (κ2) is 22.2. The summed E-state index contributed by atoms with van der Waals surface area (Å²) in [6.07, 6.45) is 22.0. The van der Waals surface area contributed by atoms with E-state index in [1.165, 1.54) is 71.1 Å². The van der Waals surface area contributed by atoms with Gasteiger partial charge in [0.1, 0.15) is 12.2 Å². The molecule has 0 saturated heterocycles. The molecule has 0 aliphatic rings. The summed E-state index contributed by atoms with van der Waals surface area (Å²) >= 11 is 0. The van der Waals surface area contributed by atoms with Gasteiger partial charge in [-0.2, -0.15) is 0 Å². The minimum Gasteiger partial charge on any atom is -0.465 e. The van der Waals surface area contributed by atoms with Crippen LogP contribution in [0.3, 0.4) is 0 Å². The third kappa shape index (κ3) is 18.9. The third-order valence-electron chi connectivity index (χ3n) is 6.48. The van der Waals surface area contributed by atoms with Crippen molar-refractivity contribution in [2.24, 2.45) is 5.41 Å². The van der Waals surface area contributed by atoms with Crippen LogP contribution in [0.15, 0.2) is 12.2 Å². The quantitative estimate of drug-likeness (QED) is 0.0813. The molecule has 7 nitrogen and oxygen atoms in total. The maximum Gasteiger partial charge on any atom is 0.302 e. The molecule has 7 heteroatoms. The number of hydrogen-bond donors (Lipinski definition) is 4. The van der Waals surface area contributed by atoms with E-state index < -0.39 is 36.8 Å². The number of carbonyl (C=O) groups is 1. The van der Waals surface area contributed by atoms with Gasteiger partial charge in [-0.25, -0.2) is 0 Å². The van der Waals surface area contributed by atoms with Gasteiger partial charge >= 0.3 is 5.97 Å². The Balaban J connectivity index is 3.87. The standard InChI is InChI=1S/C28H54O7/c1-3-4-5-6-7-8-9-10-11-12-13-14-15-16-17-18-19-28(33,22-31)25-34-23-27(20-29,21-30)24-35-26(2)32/h10-11,29-31,33H,3-9,12-25H2,1-2H3/b11-10-. The van der Waals surface area contributed by atoms with Gasteiger partial charge in [-0.3, -0.25) is 4.79 Å². The lowest BCUT2D eigenvalue weighted by molar-refractivity contribution is -0.153. The maximum absolute atomic E-state index is 11.0.